The van der Waals surface area contributed by atoms with E-state index in [1.807, 2.05) is 6.07 Å². The quantitative estimate of drug-likeness (QED) is 0.769. The molecule has 0 aliphatic rings. The molecular weight excluding hydrogens is 254 g/mol. The predicted molar refractivity (Wildman–Crippen MR) is 68.3 cm³/mol. The number of carbonyl (C=O) groups is 1. The van der Waals surface area contributed by atoms with Crippen LogP contribution in [0.2, 0.25) is 5.02 Å². The third kappa shape index (κ3) is 2.93. The Morgan fingerprint density at radius 3 is 2.61 bits per heavy atom. The largest absolute Gasteiger partial charge is 0.493 e. The van der Waals surface area contributed by atoms with Crippen molar-refractivity contribution in [2.24, 2.45) is 5.92 Å². The molecule has 0 fully saturated rings. The first kappa shape index (κ1) is 14.3. The monoisotopic (exact) mass is 267 g/mol. The molecule has 96 valence electrons. The van der Waals surface area contributed by atoms with E-state index in [1.54, 1.807) is 19.1 Å². The van der Waals surface area contributed by atoms with E-state index in [9.17, 15) is 4.79 Å². The van der Waals surface area contributed by atoms with Crippen molar-refractivity contribution in [2.75, 3.05) is 14.2 Å². The summed E-state index contributed by atoms with van der Waals surface area (Å²) in [6.07, 6.45) is 0.131. The van der Waals surface area contributed by atoms with Crippen LogP contribution in [0.15, 0.2) is 12.1 Å². The van der Waals surface area contributed by atoms with Gasteiger partial charge in [-0.25, -0.2) is 0 Å². The molecule has 0 amide bonds. The molecule has 0 bridgehead atoms. The molecule has 1 unspecified atom stereocenters. The van der Waals surface area contributed by atoms with Crippen molar-refractivity contribution < 1.29 is 14.3 Å². The zero-order chi connectivity index (χ0) is 13.7. The summed E-state index contributed by atoms with van der Waals surface area (Å²) in [6.45, 7) is 1.69. The summed E-state index contributed by atoms with van der Waals surface area (Å²) >= 11 is 6.11. The van der Waals surface area contributed by atoms with Gasteiger partial charge in [0, 0.05) is 12.0 Å². The van der Waals surface area contributed by atoms with Crippen molar-refractivity contribution >= 4 is 17.4 Å². The van der Waals surface area contributed by atoms with Gasteiger partial charge in [0.15, 0.2) is 17.3 Å². The van der Waals surface area contributed by atoms with Gasteiger partial charge in [-0.1, -0.05) is 11.6 Å². The molecule has 1 aromatic rings. The third-order valence-electron chi connectivity index (χ3n) is 2.50. The second-order valence-corrected chi connectivity index (χ2v) is 4.20. The topological polar surface area (TPSA) is 59.3 Å². The maximum absolute atomic E-state index is 12.0. The molecule has 1 atom stereocenters. The summed E-state index contributed by atoms with van der Waals surface area (Å²) in [5.41, 5.74) is 0.344. The van der Waals surface area contributed by atoms with Crippen LogP contribution in [-0.4, -0.2) is 20.0 Å². The fourth-order valence-electron chi connectivity index (χ4n) is 1.54. The van der Waals surface area contributed by atoms with Crippen molar-refractivity contribution in [3.8, 4) is 17.6 Å². The molecular formula is C13H14ClNO3. The number of hydrogen-bond acceptors (Lipinski definition) is 4. The molecule has 1 rings (SSSR count). The Morgan fingerprint density at radius 1 is 1.44 bits per heavy atom. The van der Waals surface area contributed by atoms with Gasteiger partial charge in [-0.2, -0.15) is 5.26 Å². The molecule has 0 saturated carbocycles. The zero-order valence-electron chi connectivity index (χ0n) is 10.5. The van der Waals surface area contributed by atoms with Crippen molar-refractivity contribution in [1.29, 1.82) is 5.26 Å². The minimum atomic E-state index is -0.346. The Balaban J connectivity index is 3.12. The summed E-state index contributed by atoms with van der Waals surface area (Å²) in [5.74, 6) is 0.263. The van der Waals surface area contributed by atoms with E-state index in [2.05, 4.69) is 0 Å². The van der Waals surface area contributed by atoms with Crippen LogP contribution in [0.5, 0.6) is 11.5 Å². The standard InChI is InChI=1S/C13H14ClNO3/c1-8(7-15)6-10(16)9-4-5-11(17-2)13(18-3)12(9)14/h4-5,8H,6H2,1-3H3. The third-order valence-corrected chi connectivity index (χ3v) is 2.87. The van der Waals surface area contributed by atoms with Crippen LogP contribution in [0.1, 0.15) is 23.7 Å². The van der Waals surface area contributed by atoms with E-state index in [-0.39, 0.29) is 23.1 Å². The summed E-state index contributed by atoms with van der Waals surface area (Å²) in [5, 5.41) is 8.92. The Kier molecular flexibility index (Phi) is 4.99. The lowest BCUT2D eigenvalue weighted by Gasteiger charge is -2.12. The highest BCUT2D eigenvalue weighted by molar-refractivity contribution is 6.35. The van der Waals surface area contributed by atoms with Crippen molar-refractivity contribution in [1.82, 2.24) is 0 Å². The minimum absolute atomic E-state index is 0.131. The van der Waals surface area contributed by atoms with E-state index in [4.69, 9.17) is 26.3 Å². The Hall–Kier alpha value is -1.73. The number of methoxy groups -OCH3 is 2. The van der Waals surface area contributed by atoms with Gasteiger partial charge in [-0.15, -0.1) is 0 Å². The predicted octanol–water partition coefficient (Wildman–Crippen LogP) is 3.09. The van der Waals surface area contributed by atoms with Gasteiger partial charge in [0.05, 0.1) is 31.2 Å². The molecule has 18 heavy (non-hydrogen) atoms. The van der Waals surface area contributed by atoms with E-state index in [1.165, 1.54) is 14.2 Å². The van der Waals surface area contributed by atoms with Crippen LogP contribution >= 0.6 is 11.6 Å². The number of ether oxygens (including phenoxy) is 2. The maximum Gasteiger partial charge on any atom is 0.180 e. The van der Waals surface area contributed by atoms with Crippen LogP contribution in [-0.2, 0) is 0 Å². The summed E-state index contributed by atoms with van der Waals surface area (Å²) in [6, 6.07) is 5.22. The van der Waals surface area contributed by atoms with Gasteiger partial charge in [0.1, 0.15) is 0 Å². The van der Waals surface area contributed by atoms with Crippen molar-refractivity contribution in [2.45, 2.75) is 13.3 Å². The number of halogens is 1. The lowest BCUT2D eigenvalue weighted by atomic mass is 10.0. The molecule has 0 heterocycles. The number of nitrogens with zero attached hydrogens (tertiary/aromatic N) is 1. The molecule has 0 saturated heterocycles. The normalized spacial score (nSPS) is 11.5. The number of rotatable bonds is 5. The first-order chi connectivity index (χ1) is 8.54. The highest BCUT2D eigenvalue weighted by Crippen LogP contribution is 2.37. The number of hydrogen-bond donors (Lipinski definition) is 0. The van der Waals surface area contributed by atoms with Crippen LogP contribution in [0.3, 0.4) is 0 Å². The lowest BCUT2D eigenvalue weighted by molar-refractivity contribution is 0.0972. The number of nitriles is 1. The Labute approximate surface area is 111 Å². The molecule has 0 radical (unpaired) electrons. The van der Waals surface area contributed by atoms with Gasteiger partial charge in [-0.05, 0) is 19.1 Å². The second-order valence-electron chi connectivity index (χ2n) is 3.82. The number of ketones is 1. The van der Waals surface area contributed by atoms with Gasteiger partial charge < -0.3 is 9.47 Å². The van der Waals surface area contributed by atoms with Crippen LogP contribution in [0.4, 0.5) is 0 Å². The Bertz CT molecular complexity index is 494. The lowest BCUT2D eigenvalue weighted by Crippen LogP contribution is -2.06. The van der Waals surface area contributed by atoms with Crippen LogP contribution < -0.4 is 9.47 Å². The fraction of sp³-hybridized carbons (Fsp3) is 0.385. The minimum Gasteiger partial charge on any atom is -0.493 e. The van der Waals surface area contributed by atoms with E-state index in [0.29, 0.717) is 17.1 Å². The van der Waals surface area contributed by atoms with E-state index in [0.717, 1.165) is 0 Å². The summed E-state index contributed by atoms with van der Waals surface area (Å²) in [4.78, 5) is 12.0. The SMILES string of the molecule is COc1ccc(C(=O)CC(C)C#N)c(Cl)c1OC. The summed E-state index contributed by atoms with van der Waals surface area (Å²) < 4.78 is 10.2. The fourth-order valence-corrected chi connectivity index (χ4v) is 1.88. The summed E-state index contributed by atoms with van der Waals surface area (Å²) in [7, 11) is 2.95. The van der Waals surface area contributed by atoms with Crippen molar-refractivity contribution in [3.05, 3.63) is 22.7 Å². The zero-order valence-corrected chi connectivity index (χ0v) is 11.2. The van der Waals surface area contributed by atoms with Gasteiger partial charge in [0.25, 0.3) is 0 Å². The number of benzene rings is 1. The average molecular weight is 268 g/mol. The van der Waals surface area contributed by atoms with Crippen LogP contribution in [0, 0.1) is 17.2 Å². The van der Waals surface area contributed by atoms with Gasteiger partial charge >= 0.3 is 0 Å². The smallest absolute Gasteiger partial charge is 0.180 e. The molecule has 0 aliphatic heterocycles. The molecule has 0 aliphatic carbocycles. The van der Waals surface area contributed by atoms with Crippen LogP contribution in [0.25, 0.3) is 0 Å². The first-order valence-corrected chi connectivity index (χ1v) is 5.76. The molecule has 1 aromatic carbocycles. The van der Waals surface area contributed by atoms with Gasteiger partial charge in [-0.3, -0.25) is 4.79 Å². The Morgan fingerprint density at radius 2 is 2.11 bits per heavy atom. The van der Waals surface area contributed by atoms with E-state index >= 15 is 0 Å². The molecule has 0 spiro atoms. The maximum atomic E-state index is 12.0. The van der Waals surface area contributed by atoms with Crippen molar-refractivity contribution in [3.63, 3.8) is 0 Å². The molecule has 4 nitrogen and oxygen atoms in total. The average Bonchev–Trinajstić information content (AvgIpc) is 2.37. The van der Waals surface area contributed by atoms with Gasteiger partial charge in [0.2, 0.25) is 0 Å². The molecule has 5 heteroatoms. The second kappa shape index (κ2) is 6.27. The molecule has 0 N–H and O–H groups in total. The van der Waals surface area contributed by atoms with E-state index < -0.39 is 0 Å². The number of Topliss-reactive ketones (excluding diaryl/α,β-unsaturated/α-hetero) is 1. The molecule has 0 aromatic heterocycles. The highest BCUT2D eigenvalue weighted by atomic mass is 35.5. The number of carbonyl (C=O) groups excluding carboxylic acids is 1. The first-order valence-electron chi connectivity index (χ1n) is 5.38. The highest BCUT2D eigenvalue weighted by Gasteiger charge is 2.19.